The summed E-state index contributed by atoms with van der Waals surface area (Å²) >= 11 is 1.64. The molecule has 0 aliphatic carbocycles. The third-order valence-corrected chi connectivity index (χ3v) is 3.80. The topological polar surface area (TPSA) is 20.3 Å². The van der Waals surface area contributed by atoms with E-state index in [1.807, 2.05) is 16.3 Å². The molecule has 0 radical (unpaired) electrons. The molecule has 0 fully saturated rings. The number of nitrogens with zero attached hydrogens (tertiary/aromatic N) is 1. The van der Waals surface area contributed by atoms with E-state index < -0.39 is 0 Å². The largest absolute Gasteiger partial charge is 0.338 e. The van der Waals surface area contributed by atoms with Crippen molar-refractivity contribution < 1.29 is 9.18 Å². The van der Waals surface area contributed by atoms with Crippen molar-refractivity contribution in [2.45, 2.75) is 26.3 Å². The van der Waals surface area contributed by atoms with Crippen LogP contribution in [-0.2, 0) is 17.8 Å². The van der Waals surface area contributed by atoms with Gasteiger partial charge >= 0.3 is 0 Å². The molecular formula is C16H18FNOS. The number of thiophene rings is 1. The highest BCUT2D eigenvalue weighted by molar-refractivity contribution is 7.07. The number of halogens is 1. The molecule has 0 N–H and O–H groups in total. The van der Waals surface area contributed by atoms with Gasteiger partial charge < -0.3 is 4.90 Å². The lowest BCUT2D eigenvalue weighted by Crippen LogP contribution is -2.32. The minimum Gasteiger partial charge on any atom is -0.338 e. The average molecular weight is 291 g/mol. The summed E-state index contributed by atoms with van der Waals surface area (Å²) in [4.78, 5) is 14.2. The number of carbonyl (C=O) groups excluding carboxylic acids is 1. The molecule has 4 heteroatoms. The summed E-state index contributed by atoms with van der Waals surface area (Å²) in [5.74, 6) is -0.186. The summed E-state index contributed by atoms with van der Waals surface area (Å²) in [7, 11) is 0. The van der Waals surface area contributed by atoms with Crippen LogP contribution in [0, 0.1) is 5.82 Å². The van der Waals surface area contributed by atoms with Crippen molar-refractivity contribution >= 4 is 17.2 Å². The van der Waals surface area contributed by atoms with Gasteiger partial charge in [0.1, 0.15) is 5.82 Å². The number of hydrogen-bond donors (Lipinski definition) is 0. The molecular weight excluding hydrogens is 273 g/mol. The summed E-state index contributed by atoms with van der Waals surface area (Å²) in [6, 6.07) is 8.17. The Labute approximate surface area is 122 Å². The average Bonchev–Trinajstić information content (AvgIpc) is 2.94. The first-order valence-corrected chi connectivity index (χ1v) is 7.66. The molecule has 0 aliphatic heterocycles. The third kappa shape index (κ3) is 4.17. The Balaban J connectivity index is 2.01. The fourth-order valence-corrected chi connectivity index (χ4v) is 2.71. The van der Waals surface area contributed by atoms with Crippen LogP contribution < -0.4 is 0 Å². The van der Waals surface area contributed by atoms with Gasteiger partial charge in [0.05, 0.1) is 6.42 Å². The van der Waals surface area contributed by atoms with Gasteiger partial charge in [-0.1, -0.05) is 19.1 Å². The second-order valence-electron chi connectivity index (χ2n) is 4.75. The molecule has 0 bridgehead atoms. The van der Waals surface area contributed by atoms with Crippen molar-refractivity contribution in [3.8, 4) is 0 Å². The molecule has 0 saturated heterocycles. The molecule has 1 heterocycles. The molecule has 2 rings (SSSR count). The maximum absolute atomic E-state index is 12.9. The zero-order valence-corrected chi connectivity index (χ0v) is 12.3. The molecule has 0 aliphatic rings. The molecule has 106 valence electrons. The molecule has 0 atom stereocenters. The van der Waals surface area contributed by atoms with E-state index in [2.05, 4.69) is 12.3 Å². The normalized spacial score (nSPS) is 10.5. The smallest absolute Gasteiger partial charge is 0.227 e. The van der Waals surface area contributed by atoms with E-state index >= 15 is 0 Å². The summed E-state index contributed by atoms with van der Waals surface area (Å²) in [6.45, 7) is 3.46. The zero-order valence-electron chi connectivity index (χ0n) is 11.5. The van der Waals surface area contributed by atoms with E-state index in [9.17, 15) is 9.18 Å². The Bertz CT molecular complexity index is 536. The molecule has 1 aromatic heterocycles. The van der Waals surface area contributed by atoms with Gasteiger partial charge in [-0.2, -0.15) is 11.3 Å². The summed E-state index contributed by atoms with van der Waals surface area (Å²) in [5.41, 5.74) is 2.01. The van der Waals surface area contributed by atoms with Gasteiger partial charge in [-0.05, 0) is 46.5 Å². The highest BCUT2D eigenvalue weighted by Crippen LogP contribution is 2.12. The van der Waals surface area contributed by atoms with Crippen molar-refractivity contribution in [1.29, 1.82) is 0 Å². The van der Waals surface area contributed by atoms with Crippen LogP contribution in [-0.4, -0.2) is 17.4 Å². The highest BCUT2D eigenvalue weighted by Gasteiger charge is 2.14. The second kappa shape index (κ2) is 7.20. The number of rotatable bonds is 6. The first-order chi connectivity index (χ1) is 9.69. The van der Waals surface area contributed by atoms with E-state index in [0.29, 0.717) is 13.0 Å². The third-order valence-electron chi connectivity index (χ3n) is 3.07. The fourth-order valence-electron chi connectivity index (χ4n) is 2.05. The monoisotopic (exact) mass is 291 g/mol. The quantitative estimate of drug-likeness (QED) is 0.791. The molecule has 20 heavy (non-hydrogen) atoms. The second-order valence-corrected chi connectivity index (χ2v) is 5.53. The van der Waals surface area contributed by atoms with Crippen LogP contribution >= 0.6 is 11.3 Å². The van der Waals surface area contributed by atoms with E-state index in [0.717, 1.165) is 24.1 Å². The maximum Gasteiger partial charge on any atom is 0.227 e. The Morgan fingerprint density at radius 3 is 2.55 bits per heavy atom. The van der Waals surface area contributed by atoms with Gasteiger partial charge in [-0.25, -0.2) is 4.39 Å². The van der Waals surface area contributed by atoms with E-state index in [-0.39, 0.29) is 11.7 Å². The van der Waals surface area contributed by atoms with Crippen LogP contribution in [0.5, 0.6) is 0 Å². The van der Waals surface area contributed by atoms with Crippen molar-refractivity contribution in [3.63, 3.8) is 0 Å². The molecule has 0 unspecified atom stereocenters. The SMILES string of the molecule is CCCN(Cc1ccsc1)C(=O)Cc1ccc(F)cc1. The lowest BCUT2D eigenvalue weighted by atomic mass is 10.1. The van der Waals surface area contributed by atoms with Crippen LogP contribution in [0.3, 0.4) is 0 Å². The molecule has 2 aromatic rings. The fraction of sp³-hybridized carbons (Fsp3) is 0.312. The van der Waals surface area contributed by atoms with Gasteiger partial charge in [0.2, 0.25) is 5.91 Å². The van der Waals surface area contributed by atoms with Crippen LogP contribution in [0.4, 0.5) is 4.39 Å². The predicted molar refractivity (Wildman–Crippen MR) is 80.1 cm³/mol. The first kappa shape index (κ1) is 14.7. The van der Waals surface area contributed by atoms with Crippen LogP contribution in [0.1, 0.15) is 24.5 Å². The molecule has 0 saturated carbocycles. The van der Waals surface area contributed by atoms with Crippen molar-refractivity contribution in [2.75, 3.05) is 6.54 Å². The van der Waals surface area contributed by atoms with Gasteiger partial charge in [0.25, 0.3) is 0 Å². The van der Waals surface area contributed by atoms with Gasteiger partial charge in [0, 0.05) is 13.1 Å². The van der Waals surface area contributed by atoms with E-state index in [1.165, 1.54) is 12.1 Å². The minimum atomic E-state index is -0.273. The molecule has 1 aromatic carbocycles. The number of hydrogen-bond acceptors (Lipinski definition) is 2. The summed E-state index contributed by atoms with van der Waals surface area (Å²) in [6.07, 6.45) is 1.25. The predicted octanol–water partition coefficient (Wildman–Crippen LogP) is 3.87. The first-order valence-electron chi connectivity index (χ1n) is 6.72. The molecule has 0 spiro atoms. The maximum atomic E-state index is 12.9. The minimum absolute atomic E-state index is 0.0876. The standard InChI is InChI=1S/C16H18FNOS/c1-2-8-18(11-14-7-9-20-12-14)16(19)10-13-3-5-15(17)6-4-13/h3-7,9,12H,2,8,10-11H2,1H3. The lowest BCUT2D eigenvalue weighted by molar-refractivity contribution is -0.131. The van der Waals surface area contributed by atoms with Gasteiger partial charge in [-0.3, -0.25) is 4.79 Å². The van der Waals surface area contributed by atoms with E-state index in [4.69, 9.17) is 0 Å². The van der Waals surface area contributed by atoms with E-state index in [1.54, 1.807) is 23.5 Å². The lowest BCUT2D eigenvalue weighted by Gasteiger charge is -2.21. The van der Waals surface area contributed by atoms with Gasteiger partial charge in [-0.15, -0.1) is 0 Å². The Morgan fingerprint density at radius 1 is 1.20 bits per heavy atom. The number of benzene rings is 1. The van der Waals surface area contributed by atoms with Gasteiger partial charge in [0.15, 0.2) is 0 Å². The van der Waals surface area contributed by atoms with Crippen molar-refractivity contribution in [3.05, 3.63) is 58.0 Å². The molecule has 2 nitrogen and oxygen atoms in total. The van der Waals surface area contributed by atoms with Crippen molar-refractivity contribution in [2.24, 2.45) is 0 Å². The van der Waals surface area contributed by atoms with Crippen LogP contribution in [0.2, 0.25) is 0 Å². The Hall–Kier alpha value is -1.68. The Kier molecular flexibility index (Phi) is 5.30. The summed E-state index contributed by atoms with van der Waals surface area (Å²) < 4.78 is 12.9. The summed E-state index contributed by atoms with van der Waals surface area (Å²) in [5, 5.41) is 4.08. The Morgan fingerprint density at radius 2 is 1.95 bits per heavy atom. The number of carbonyl (C=O) groups is 1. The van der Waals surface area contributed by atoms with Crippen molar-refractivity contribution in [1.82, 2.24) is 4.90 Å². The zero-order chi connectivity index (χ0) is 14.4. The van der Waals surface area contributed by atoms with Crippen LogP contribution in [0.25, 0.3) is 0 Å². The number of amides is 1. The highest BCUT2D eigenvalue weighted by atomic mass is 32.1. The molecule has 1 amide bonds. The van der Waals surface area contributed by atoms with Crippen LogP contribution in [0.15, 0.2) is 41.1 Å².